The molecule has 0 aliphatic carbocycles. The van der Waals surface area contributed by atoms with Crippen LogP contribution in [-0.2, 0) is 0 Å². The van der Waals surface area contributed by atoms with E-state index in [1.165, 1.54) is 0 Å². The molecule has 0 aliphatic heterocycles. The van der Waals surface area contributed by atoms with Crippen molar-refractivity contribution in [3.63, 3.8) is 0 Å². The maximum absolute atomic E-state index is 8.12. The van der Waals surface area contributed by atoms with Crippen molar-refractivity contribution in [2.45, 2.75) is 39.8 Å². The largest absolute Gasteiger partial charge is 0.338 e. The first-order chi connectivity index (χ1) is 9.73. The summed E-state index contributed by atoms with van der Waals surface area (Å²) in [6.07, 6.45) is 0. The van der Waals surface area contributed by atoms with Gasteiger partial charge in [0.15, 0.2) is 11.9 Å². The van der Waals surface area contributed by atoms with Crippen LogP contribution in [-0.4, -0.2) is 28.9 Å². The molecule has 0 bridgehead atoms. The van der Waals surface area contributed by atoms with Crippen LogP contribution >= 0.6 is 31.9 Å². The van der Waals surface area contributed by atoms with E-state index >= 15 is 0 Å². The van der Waals surface area contributed by atoms with Gasteiger partial charge in [0, 0.05) is 21.0 Å². The van der Waals surface area contributed by atoms with Gasteiger partial charge in [-0.1, -0.05) is 6.07 Å². The molecule has 0 atom stereocenters. The second-order valence-electron chi connectivity index (χ2n) is 5.17. The van der Waals surface area contributed by atoms with E-state index < -0.39 is 0 Å². The Balaban J connectivity index is 2.76. The summed E-state index contributed by atoms with van der Waals surface area (Å²) in [4.78, 5) is 1.91. The zero-order valence-electron chi connectivity index (χ0n) is 12.6. The fraction of sp³-hybridized carbons (Fsp3) is 0.429. The average Bonchev–Trinajstić information content (AvgIpc) is 2.32. The van der Waals surface area contributed by atoms with Gasteiger partial charge in [0.2, 0.25) is 0 Å². The fourth-order valence-corrected chi connectivity index (χ4v) is 3.27. The van der Waals surface area contributed by atoms with E-state index in [0.717, 1.165) is 14.6 Å². The molecule has 21 heavy (non-hydrogen) atoms. The minimum Gasteiger partial charge on any atom is -0.338 e. The quantitative estimate of drug-likeness (QED) is 0.438. The van der Waals surface area contributed by atoms with E-state index in [9.17, 15) is 0 Å². The van der Waals surface area contributed by atoms with Crippen LogP contribution in [0, 0.1) is 10.8 Å². The molecular weight excluding hydrogens is 398 g/mol. The molecule has 4 N–H and O–H groups in total. The minimum absolute atomic E-state index is 0.0545. The van der Waals surface area contributed by atoms with Crippen LogP contribution in [0.3, 0.4) is 0 Å². The fourth-order valence-electron chi connectivity index (χ4n) is 2.07. The average molecular weight is 419 g/mol. The van der Waals surface area contributed by atoms with Crippen LogP contribution in [0.1, 0.15) is 27.7 Å². The summed E-state index contributed by atoms with van der Waals surface area (Å²) >= 11 is 6.87. The molecule has 0 unspecified atom stereocenters. The highest BCUT2D eigenvalue weighted by Crippen LogP contribution is 2.30. The van der Waals surface area contributed by atoms with Gasteiger partial charge in [0.05, 0.1) is 5.69 Å². The Morgan fingerprint density at radius 1 is 1.05 bits per heavy atom. The zero-order valence-corrected chi connectivity index (χ0v) is 15.8. The van der Waals surface area contributed by atoms with Gasteiger partial charge in [-0.05, 0) is 71.7 Å². The number of nitrogens with one attached hydrogen (secondary N) is 4. The van der Waals surface area contributed by atoms with Crippen LogP contribution in [0.4, 0.5) is 5.69 Å². The Morgan fingerprint density at radius 3 is 1.95 bits per heavy atom. The van der Waals surface area contributed by atoms with E-state index in [4.69, 9.17) is 10.8 Å². The molecule has 5 nitrogen and oxygen atoms in total. The molecule has 0 saturated heterocycles. The van der Waals surface area contributed by atoms with Crippen molar-refractivity contribution >= 4 is 49.5 Å². The standard InChI is InChI=1S/C14H21Br2N5/c1-8(2)21(9(3)4)14(18)20-13(17)19-12-10(15)6-5-7-11(12)16/h5-9H,1-4H3,(H4,17,18,19,20). The van der Waals surface area contributed by atoms with Crippen molar-refractivity contribution in [3.8, 4) is 0 Å². The summed E-state index contributed by atoms with van der Waals surface area (Å²) in [5.41, 5.74) is 0.753. The molecule has 7 heteroatoms. The van der Waals surface area contributed by atoms with Gasteiger partial charge in [-0.3, -0.25) is 16.1 Å². The third-order valence-corrected chi connectivity index (χ3v) is 4.15. The maximum atomic E-state index is 8.12. The number of guanidine groups is 2. The first-order valence-electron chi connectivity index (χ1n) is 6.67. The molecule has 0 radical (unpaired) electrons. The number of rotatable bonds is 3. The van der Waals surface area contributed by atoms with Crippen molar-refractivity contribution < 1.29 is 0 Å². The lowest BCUT2D eigenvalue weighted by molar-refractivity contribution is 0.284. The highest BCUT2D eigenvalue weighted by Gasteiger charge is 2.18. The van der Waals surface area contributed by atoms with E-state index in [2.05, 4.69) is 42.5 Å². The monoisotopic (exact) mass is 417 g/mol. The maximum Gasteiger partial charge on any atom is 0.199 e. The van der Waals surface area contributed by atoms with Crippen molar-refractivity contribution in [1.82, 2.24) is 10.2 Å². The Morgan fingerprint density at radius 2 is 1.52 bits per heavy atom. The number of nitrogens with zero attached hydrogens (tertiary/aromatic N) is 1. The van der Waals surface area contributed by atoms with Crippen LogP contribution in [0.25, 0.3) is 0 Å². The van der Waals surface area contributed by atoms with Crippen molar-refractivity contribution in [2.24, 2.45) is 0 Å². The van der Waals surface area contributed by atoms with E-state index in [1.54, 1.807) is 0 Å². The van der Waals surface area contributed by atoms with Gasteiger partial charge in [0.1, 0.15) is 0 Å². The van der Waals surface area contributed by atoms with E-state index in [1.807, 2.05) is 50.8 Å². The Labute approximate surface area is 142 Å². The predicted molar refractivity (Wildman–Crippen MR) is 96.2 cm³/mol. The van der Waals surface area contributed by atoms with Gasteiger partial charge in [-0.15, -0.1) is 0 Å². The normalized spacial score (nSPS) is 10.7. The lowest BCUT2D eigenvalue weighted by Crippen LogP contribution is -2.51. The first kappa shape index (κ1) is 18.0. The topological polar surface area (TPSA) is 75.0 Å². The smallest absolute Gasteiger partial charge is 0.199 e. The van der Waals surface area contributed by atoms with Crippen molar-refractivity contribution in [1.29, 1.82) is 10.8 Å². The Hall–Kier alpha value is -1.08. The second kappa shape index (κ2) is 7.79. The second-order valence-corrected chi connectivity index (χ2v) is 6.87. The lowest BCUT2D eigenvalue weighted by atomic mass is 10.2. The van der Waals surface area contributed by atoms with Gasteiger partial charge in [-0.2, -0.15) is 0 Å². The Bertz CT molecular complexity index is 500. The number of halogens is 2. The van der Waals surface area contributed by atoms with E-state index in [0.29, 0.717) is 0 Å². The summed E-state index contributed by atoms with van der Waals surface area (Å²) in [7, 11) is 0. The number of hydrogen-bond acceptors (Lipinski definition) is 2. The first-order valence-corrected chi connectivity index (χ1v) is 8.26. The molecule has 0 aromatic heterocycles. The van der Waals surface area contributed by atoms with Crippen molar-refractivity contribution in [3.05, 3.63) is 27.1 Å². The molecular formula is C14H21Br2N5. The number of benzene rings is 1. The lowest BCUT2D eigenvalue weighted by Gasteiger charge is -2.33. The molecule has 1 aromatic rings. The molecule has 0 heterocycles. The van der Waals surface area contributed by atoms with Gasteiger partial charge >= 0.3 is 0 Å². The molecule has 0 fully saturated rings. The molecule has 1 rings (SSSR count). The number of anilines is 1. The molecule has 0 aliphatic rings. The van der Waals surface area contributed by atoms with Crippen LogP contribution in [0.5, 0.6) is 0 Å². The Kier molecular flexibility index (Phi) is 6.67. The van der Waals surface area contributed by atoms with Gasteiger partial charge < -0.3 is 10.2 Å². The van der Waals surface area contributed by atoms with Crippen molar-refractivity contribution in [2.75, 3.05) is 5.32 Å². The van der Waals surface area contributed by atoms with Crippen LogP contribution in [0.15, 0.2) is 27.1 Å². The summed E-state index contributed by atoms with van der Waals surface area (Å²) < 4.78 is 1.69. The summed E-state index contributed by atoms with van der Waals surface area (Å²) in [5, 5.41) is 21.9. The zero-order chi connectivity index (χ0) is 16.2. The molecule has 116 valence electrons. The number of para-hydroxylation sites is 1. The summed E-state index contributed by atoms with van der Waals surface area (Å²) in [5.74, 6) is 0.263. The number of hydrogen-bond donors (Lipinski definition) is 4. The summed E-state index contributed by atoms with van der Waals surface area (Å²) in [6, 6.07) is 6.05. The highest BCUT2D eigenvalue weighted by molar-refractivity contribution is 9.11. The molecule has 0 amide bonds. The van der Waals surface area contributed by atoms with Crippen LogP contribution in [0.2, 0.25) is 0 Å². The highest BCUT2D eigenvalue weighted by atomic mass is 79.9. The van der Waals surface area contributed by atoms with E-state index in [-0.39, 0.29) is 24.0 Å². The molecule has 0 spiro atoms. The minimum atomic E-state index is 0.0545. The third-order valence-electron chi connectivity index (χ3n) is 2.83. The third kappa shape index (κ3) is 5.00. The van der Waals surface area contributed by atoms with Gasteiger partial charge in [0.25, 0.3) is 0 Å². The van der Waals surface area contributed by atoms with Crippen LogP contribution < -0.4 is 10.6 Å². The SMILES string of the molecule is CC(C)N(C(=N)NC(=N)Nc1c(Br)cccc1Br)C(C)C. The predicted octanol–water partition coefficient (Wildman–Crippen LogP) is 4.20. The molecule has 1 aromatic carbocycles. The van der Waals surface area contributed by atoms with Gasteiger partial charge in [-0.25, -0.2) is 0 Å². The molecule has 0 saturated carbocycles. The summed E-state index contributed by atoms with van der Waals surface area (Å²) in [6.45, 7) is 8.10.